The van der Waals surface area contributed by atoms with Gasteiger partial charge in [-0.15, -0.1) is 0 Å². The number of rotatable bonds is 5. The summed E-state index contributed by atoms with van der Waals surface area (Å²) in [6.45, 7) is 0. The molecule has 0 aliphatic carbocycles. The molecule has 0 spiro atoms. The van der Waals surface area contributed by atoms with Crippen molar-refractivity contribution in [2.75, 3.05) is 10.6 Å². The van der Waals surface area contributed by atoms with Crippen molar-refractivity contribution in [2.45, 2.75) is 6.29 Å². The Morgan fingerprint density at radius 1 is 0.621 bits per heavy atom. The third kappa shape index (κ3) is 5.39. The van der Waals surface area contributed by atoms with Crippen LogP contribution < -0.4 is 10.6 Å². The van der Waals surface area contributed by atoms with Crippen molar-refractivity contribution >= 4 is 35.1 Å². The molecule has 8 heteroatoms. The van der Waals surface area contributed by atoms with E-state index in [2.05, 4.69) is 15.4 Å². The molecular weight excluding hydrogens is 374 g/mol. The molecular formula is C21H17N3O5. The Bertz CT molecular complexity index is 895. The first-order valence-electron chi connectivity index (χ1n) is 8.65. The summed E-state index contributed by atoms with van der Waals surface area (Å²) in [6, 6.07) is 18.8. The van der Waals surface area contributed by atoms with Gasteiger partial charge in [0, 0.05) is 35.7 Å². The molecule has 8 nitrogen and oxygen atoms in total. The van der Waals surface area contributed by atoms with E-state index in [-0.39, 0.29) is 11.8 Å². The molecule has 2 N–H and O–H groups in total. The summed E-state index contributed by atoms with van der Waals surface area (Å²) in [5, 5.41) is 6.33. The number of carbonyl (C=O) groups is 4. The van der Waals surface area contributed by atoms with E-state index in [9.17, 15) is 19.2 Å². The molecule has 2 heterocycles. The maximum atomic E-state index is 11.9. The maximum absolute atomic E-state index is 11.9. The number of benzene rings is 2. The van der Waals surface area contributed by atoms with Crippen LogP contribution in [-0.4, -0.2) is 34.9 Å². The van der Waals surface area contributed by atoms with Gasteiger partial charge in [-0.25, -0.2) is 14.5 Å². The number of ether oxygens (including phenoxy) is 1. The molecule has 2 amide bonds. The lowest BCUT2D eigenvalue weighted by Gasteiger charge is -2.29. The second-order valence-corrected chi connectivity index (χ2v) is 5.88. The van der Waals surface area contributed by atoms with Crippen LogP contribution in [0.3, 0.4) is 0 Å². The van der Waals surface area contributed by atoms with Gasteiger partial charge in [0.15, 0.2) is 6.29 Å². The zero-order valence-corrected chi connectivity index (χ0v) is 15.1. The molecule has 0 saturated carbocycles. The van der Waals surface area contributed by atoms with Gasteiger partial charge in [-0.3, -0.25) is 9.59 Å². The normalized spacial score (nSPS) is 14.7. The van der Waals surface area contributed by atoms with Gasteiger partial charge in [-0.1, -0.05) is 36.4 Å². The predicted molar refractivity (Wildman–Crippen MR) is 105 cm³/mol. The number of imide groups is 1. The minimum Gasteiger partial charge on any atom is -0.387 e. The number of amides is 2. The SMILES string of the molecule is O=C1C=CC(=O)N1C(Nc1ccccc1)Nc1ccccc1.O=C1C=CC(=O)O1. The van der Waals surface area contributed by atoms with Crippen molar-refractivity contribution in [1.82, 2.24) is 4.90 Å². The molecule has 2 aliphatic rings. The highest BCUT2D eigenvalue weighted by Crippen LogP contribution is 2.16. The van der Waals surface area contributed by atoms with Crippen LogP contribution in [0.15, 0.2) is 85.0 Å². The van der Waals surface area contributed by atoms with E-state index in [0.717, 1.165) is 28.4 Å². The highest BCUT2D eigenvalue weighted by molar-refractivity contribution is 6.13. The minimum absolute atomic E-state index is 0.345. The second-order valence-electron chi connectivity index (χ2n) is 5.88. The van der Waals surface area contributed by atoms with Gasteiger partial charge < -0.3 is 15.4 Å². The summed E-state index contributed by atoms with van der Waals surface area (Å²) in [7, 11) is 0. The Balaban J connectivity index is 0.000000290. The molecule has 0 atom stereocenters. The smallest absolute Gasteiger partial charge is 0.338 e. The minimum atomic E-state index is -0.667. The molecule has 4 rings (SSSR count). The number of nitrogens with one attached hydrogen (secondary N) is 2. The lowest BCUT2D eigenvalue weighted by Crippen LogP contribution is -2.49. The Morgan fingerprint density at radius 2 is 1.03 bits per heavy atom. The Kier molecular flexibility index (Phi) is 6.16. The van der Waals surface area contributed by atoms with Gasteiger partial charge in [0.05, 0.1) is 0 Å². The van der Waals surface area contributed by atoms with Gasteiger partial charge in [0.1, 0.15) is 0 Å². The highest BCUT2D eigenvalue weighted by atomic mass is 16.6. The number of cyclic esters (lactones) is 2. The summed E-state index contributed by atoms with van der Waals surface area (Å²) in [4.78, 5) is 44.9. The largest absolute Gasteiger partial charge is 0.387 e. The average molecular weight is 391 g/mol. The summed E-state index contributed by atoms with van der Waals surface area (Å²) >= 11 is 0. The topological polar surface area (TPSA) is 105 Å². The van der Waals surface area contributed by atoms with Crippen molar-refractivity contribution in [2.24, 2.45) is 0 Å². The fourth-order valence-corrected chi connectivity index (χ4v) is 2.52. The average Bonchev–Trinajstić information content (AvgIpc) is 3.27. The van der Waals surface area contributed by atoms with Gasteiger partial charge in [-0.2, -0.15) is 0 Å². The molecule has 2 aromatic carbocycles. The van der Waals surface area contributed by atoms with E-state index in [1.54, 1.807) is 0 Å². The first-order valence-corrected chi connectivity index (χ1v) is 8.65. The summed E-state index contributed by atoms with van der Waals surface area (Å²) in [6.07, 6.45) is 4.05. The zero-order chi connectivity index (χ0) is 20.6. The highest BCUT2D eigenvalue weighted by Gasteiger charge is 2.31. The number of esters is 2. The van der Waals surface area contributed by atoms with E-state index in [4.69, 9.17) is 0 Å². The van der Waals surface area contributed by atoms with Crippen LogP contribution in [0.5, 0.6) is 0 Å². The van der Waals surface area contributed by atoms with Crippen molar-refractivity contribution in [3.8, 4) is 0 Å². The molecule has 0 saturated heterocycles. The van der Waals surface area contributed by atoms with Gasteiger partial charge in [-0.05, 0) is 24.3 Å². The fraction of sp³-hybridized carbons (Fsp3) is 0.0476. The number of hydrogen-bond donors (Lipinski definition) is 2. The Hall–Kier alpha value is -4.20. The first kappa shape index (κ1) is 19.6. The molecule has 2 aromatic rings. The molecule has 0 aromatic heterocycles. The van der Waals surface area contributed by atoms with Gasteiger partial charge >= 0.3 is 11.9 Å². The van der Waals surface area contributed by atoms with E-state index in [1.807, 2.05) is 60.7 Å². The molecule has 0 radical (unpaired) electrons. The predicted octanol–water partition coefficient (Wildman–Crippen LogP) is 2.05. The standard InChI is InChI=1S/C17H15N3O2.C4H2O3/c21-15-11-12-16(22)20(15)17(18-13-7-3-1-4-8-13)19-14-9-5-2-6-10-14;5-3-1-2-4(6)7-3/h1-12,17-19H;1-2H. The van der Waals surface area contributed by atoms with Crippen molar-refractivity contribution in [3.63, 3.8) is 0 Å². The van der Waals surface area contributed by atoms with Crippen LogP contribution in [0.2, 0.25) is 0 Å². The number of para-hydroxylation sites is 2. The molecule has 0 bridgehead atoms. The quantitative estimate of drug-likeness (QED) is 0.348. The maximum Gasteiger partial charge on any atom is 0.338 e. The third-order valence-electron chi connectivity index (χ3n) is 3.81. The second kappa shape index (κ2) is 9.14. The summed E-state index contributed by atoms with van der Waals surface area (Å²) in [5.41, 5.74) is 1.62. The lowest BCUT2D eigenvalue weighted by atomic mass is 10.3. The third-order valence-corrected chi connectivity index (χ3v) is 3.81. The molecule has 29 heavy (non-hydrogen) atoms. The monoisotopic (exact) mass is 391 g/mol. The molecule has 2 aliphatic heterocycles. The van der Waals surface area contributed by atoms with Crippen molar-refractivity contribution < 1.29 is 23.9 Å². The molecule has 0 fully saturated rings. The van der Waals surface area contributed by atoms with Crippen LogP contribution in [0.4, 0.5) is 11.4 Å². The van der Waals surface area contributed by atoms with Gasteiger partial charge in [0.25, 0.3) is 11.8 Å². The number of anilines is 2. The molecule has 0 unspecified atom stereocenters. The molecule has 146 valence electrons. The Labute approximate surface area is 166 Å². The van der Waals surface area contributed by atoms with E-state index >= 15 is 0 Å². The fourth-order valence-electron chi connectivity index (χ4n) is 2.52. The van der Waals surface area contributed by atoms with Crippen LogP contribution in [0, 0.1) is 0 Å². The lowest BCUT2D eigenvalue weighted by molar-refractivity contribution is -0.150. The van der Waals surface area contributed by atoms with Crippen LogP contribution in [0.1, 0.15) is 0 Å². The summed E-state index contributed by atoms with van der Waals surface area (Å²) < 4.78 is 3.97. The summed E-state index contributed by atoms with van der Waals surface area (Å²) in [5.74, 6) is -1.85. The van der Waals surface area contributed by atoms with Crippen LogP contribution in [0.25, 0.3) is 0 Å². The van der Waals surface area contributed by atoms with Crippen molar-refractivity contribution in [3.05, 3.63) is 85.0 Å². The van der Waals surface area contributed by atoms with Gasteiger partial charge in [0.2, 0.25) is 0 Å². The first-order chi connectivity index (χ1) is 14.0. The van der Waals surface area contributed by atoms with E-state index in [0.29, 0.717) is 0 Å². The van der Waals surface area contributed by atoms with E-state index < -0.39 is 18.2 Å². The number of hydrogen-bond acceptors (Lipinski definition) is 7. The van der Waals surface area contributed by atoms with Crippen LogP contribution >= 0.6 is 0 Å². The Morgan fingerprint density at radius 3 is 1.38 bits per heavy atom. The van der Waals surface area contributed by atoms with Crippen molar-refractivity contribution in [1.29, 1.82) is 0 Å². The number of nitrogens with zero attached hydrogens (tertiary/aromatic N) is 1. The van der Waals surface area contributed by atoms with Crippen LogP contribution in [-0.2, 0) is 23.9 Å². The number of carbonyl (C=O) groups excluding carboxylic acids is 4. The zero-order valence-electron chi connectivity index (χ0n) is 15.1. The van der Waals surface area contributed by atoms with E-state index in [1.165, 1.54) is 12.2 Å².